The van der Waals surface area contributed by atoms with Gasteiger partial charge in [-0.05, 0) is 23.8 Å². The van der Waals surface area contributed by atoms with Gasteiger partial charge >= 0.3 is 11.9 Å². The third-order valence-corrected chi connectivity index (χ3v) is 3.21. The highest BCUT2D eigenvalue weighted by atomic mass is 16.4. The standard InChI is InChI=1S/C16H16N2O4/c17-12-8-11(16(21)22)6-7-13(12)18-14(9-15(19)20)10-4-2-1-3-5-10/h1-8,14,18H,9,17H2,(H,19,20)(H,21,22). The number of aromatic carboxylic acids is 1. The van der Waals surface area contributed by atoms with Gasteiger partial charge in [0.1, 0.15) is 0 Å². The second-order valence-electron chi connectivity index (χ2n) is 4.81. The molecule has 0 saturated carbocycles. The molecule has 0 aromatic heterocycles. The first kappa shape index (κ1) is 15.4. The third kappa shape index (κ3) is 3.76. The fourth-order valence-corrected chi connectivity index (χ4v) is 2.13. The number of carbonyl (C=O) groups is 2. The van der Waals surface area contributed by atoms with E-state index in [4.69, 9.17) is 15.9 Å². The Morgan fingerprint density at radius 2 is 1.77 bits per heavy atom. The molecular formula is C16H16N2O4. The summed E-state index contributed by atoms with van der Waals surface area (Å²) < 4.78 is 0. The molecule has 0 aliphatic heterocycles. The van der Waals surface area contributed by atoms with Gasteiger partial charge in [0.15, 0.2) is 0 Å². The Bertz CT molecular complexity index is 686. The molecule has 1 unspecified atom stereocenters. The molecule has 1 atom stereocenters. The topological polar surface area (TPSA) is 113 Å². The van der Waals surface area contributed by atoms with Crippen molar-refractivity contribution in [3.63, 3.8) is 0 Å². The molecule has 114 valence electrons. The van der Waals surface area contributed by atoms with Crippen LogP contribution < -0.4 is 11.1 Å². The van der Waals surface area contributed by atoms with Crippen LogP contribution in [0.5, 0.6) is 0 Å². The van der Waals surface area contributed by atoms with Crippen LogP contribution in [0.25, 0.3) is 0 Å². The van der Waals surface area contributed by atoms with Gasteiger partial charge in [0.25, 0.3) is 0 Å². The number of benzene rings is 2. The lowest BCUT2D eigenvalue weighted by Gasteiger charge is -2.20. The number of nitrogens with two attached hydrogens (primary N) is 1. The molecule has 0 heterocycles. The zero-order valence-corrected chi connectivity index (χ0v) is 11.7. The minimum atomic E-state index is -1.07. The average Bonchev–Trinajstić information content (AvgIpc) is 2.48. The molecule has 2 aromatic rings. The van der Waals surface area contributed by atoms with Gasteiger partial charge < -0.3 is 21.3 Å². The summed E-state index contributed by atoms with van der Waals surface area (Å²) >= 11 is 0. The predicted octanol–water partition coefficient (Wildman–Crippen LogP) is 2.59. The number of rotatable bonds is 6. The lowest BCUT2D eigenvalue weighted by Crippen LogP contribution is -2.16. The molecule has 0 spiro atoms. The summed E-state index contributed by atoms with van der Waals surface area (Å²) in [5.74, 6) is -2.01. The molecule has 0 radical (unpaired) electrons. The normalized spacial score (nSPS) is 11.6. The minimum absolute atomic E-state index is 0.0811. The average molecular weight is 300 g/mol. The van der Waals surface area contributed by atoms with E-state index in [0.717, 1.165) is 5.56 Å². The number of carboxylic acid groups (broad SMARTS) is 2. The van der Waals surface area contributed by atoms with E-state index in [1.165, 1.54) is 18.2 Å². The van der Waals surface area contributed by atoms with Gasteiger partial charge in [-0.25, -0.2) is 4.79 Å². The molecule has 0 aliphatic rings. The molecule has 0 aliphatic carbocycles. The highest BCUT2D eigenvalue weighted by Gasteiger charge is 2.17. The first-order valence-electron chi connectivity index (χ1n) is 6.63. The van der Waals surface area contributed by atoms with E-state index in [-0.39, 0.29) is 17.7 Å². The zero-order chi connectivity index (χ0) is 16.1. The first-order chi connectivity index (χ1) is 10.5. The van der Waals surface area contributed by atoms with Crippen LogP contribution in [0.15, 0.2) is 48.5 Å². The summed E-state index contributed by atoms with van der Waals surface area (Å²) in [7, 11) is 0. The van der Waals surface area contributed by atoms with Crippen molar-refractivity contribution in [1.29, 1.82) is 0 Å². The molecule has 2 rings (SSSR count). The van der Waals surface area contributed by atoms with Crippen LogP contribution in [-0.4, -0.2) is 22.2 Å². The fourth-order valence-electron chi connectivity index (χ4n) is 2.13. The monoisotopic (exact) mass is 300 g/mol. The summed E-state index contributed by atoms with van der Waals surface area (Å²) in [5.41, 5.74) is 7.49. The maximum absolute atomic E-state index is 11.1. The molecule has 22 heavy (non-hydrogen) atoms. The van der Waals surface area contributed by atoms with Crippen LogP contribution in [0, 0.1) is 0 Å². The molecule has 0 bridgehead atoms. The van der Waals surface area contributed by atoms with Crippen LogP contribution >= 0.6 is 0 Å². The Morgan fingerprint density at radius 1 is 1.09 bits per heavy atom. The number of nitrogen functional groups attached to an aromatic ring is 1. The van der Waals surface area contributed by atoms with Crippen molar-refractivity contribution in [2.24, 2.45) is 0 Å². The Balaban J connectivity index is 2.27. The van der Waals surface area contributed by atoms with E-state index in [0.29, 0.717) is 5.69 Å². The van der Waals surface area contributed by atoms with Gasteiger partial charge in [0, 0.05) is 0 Å². The molecule has 5 N–H and O–H groups in total. The summed E-state index contributed by atoms with van der Waals surface area (Å²) in [4.78, 5) is 22.0. The number of nitrogens with one attached hydrogen (secondary N) is 1. The quantitative estimate of drug-likeness (QED) is 0.610. The molecule has 6 nitrogen and oxygen atoms in total. The second kappa shape index (κ2) is 6.62. The smallest absolute Gasteiger partial charge is 0.335 e. The predicted molar refractivity (Wildman–Crippen MR) is 82.9 cm³/mol. The van der Waals surface area contributed by atoms with Crippen molar-refractivity contribution >= 4 is 23.3 Å². The number of anilines is 2. The van der Waals surface area contributed by atoms with Crippen LogP contribution in [0.2, 0.25) is 0 Å². The number of carboxylic acids is 2. The maximum Gasteiger partial charge on any atom is 0.335 e. The van der Waals surface area contributed by atoms with Crippen LogP contribution in [0.3, 0.4) is 0 Å². The number of hydrogen-bond acceptors (Lipinski definition) is 4. The van der Waals surface area contributed by atoms with Crippen molar-refractivity contribution in [3.8, 4) is 0 Å². The van der Waals surface area contributed by atoms with E-state index >= 15 is 0 Å². The van der Waals surface area contributed by atoms with Crippen LogP contribution in [-0.2, 0) is 4.79 Å². The summed E-state index contributed by atoms with van der Waals surface area (Å²) in [6.07, 6.45) is -0.121. The van der Waals surface area contributed by atoms with Gasteiger partial charge in [0.05, 0.1) is 29.4 Å². The summed E-state index contributed by atoms with van der Waals surface area (Å²) in [6, 6.07) is 13.0. The summed E-state index contributed by atoms with van der Waals surface area (Å²) in [5, 5.41) is 21.0. The largest absolute Gasteiger partial charge is 0.481 e. The van der Waals surface area contributed by atoms with Gasteiger partial charge in [-0.15, -0.1) is 0 Å². The van der Waals surface area contributed by atoms with Crippen molar-refractivity contribution < 1.29 is 19.8 Å². The van der Waals surface area contributed by atoms with Crippen LogP contribution in [0.1, 0.15) is 28.4 Å². The molecular weight excluding hydrogens is 284 g/mol. The SMILES string of the molecule is Nc1cc(C(=O)O)ccc1NC(CC(=O)O)c1ccccc1. The van der Waals surface area contributed by atoms with E-state index in [1.807, 2.05) is 30.3 Å². The summed E-state index contributed by atoms with van der Waals surface area (Å²) in [6.45, 7) is 0. The molecule has 0 saturated heterocycles. The zero-order valence-electron chi connectivity index (χ0n) is 11.7. The maximum atomic E-state index is 11.1. The van der Waals surface area contributed by atoms with Crippen molar-refractivity contribution in [1.82, 2.24) is 0 Å². The van der Waals surface area contributed by atoms with E-state index in [9.17, 15) is 9.59 Å². The van der Waals surface area contributed by atoms with E-state index in [2.05, 4.69) is 5.32 Å². The molecule has 6 heteroatoms. The first-order valence-corrected chi connectivity index (χ1v) is 6.63. The van der Waals surface area contributed by atoms with E-state index < -0.39 is 18.0 Å². The van der Waals surface area contributed by atoms with Gasteiger partial charge in [0.2, 0.25) is 0 Å². The van der Waals surface area contributed by atoms with Gasteiger partial charge in [-0.2, -0.15) is 0 Å². The Kier molecular flexibility index (Phi) is 4.63. The Labute approximate surface area is 127 Å². The third-order valence-electron chi connectivity index (χ3n) is 3.21. The van der Waals surface area contributed by atoms with Gasteiger partial charge in [-0.3, -0.25) is 4.79 Å². The number of hydrogen-bond donors (Lipinski definition) is 4. The van der Waals surface area contributed by atoms with E-state index in [1.54, 1.807) is 0 Å². The Hall–Kier alpha value is -3.02. The lowest BCUT2D eigenvalue weighted by atomic mass is 10.0. The highest BCUT2D eigenvalue weighted by Crippen LogP contribution is 2.27. The van der Waals surface area contributed by atoms with Crippen molar-refractivity contribution in [2.45, 2.75) is 12.5 Å². The molecule has 0 fully saturated rings. The molecule has 0 amide bonds. The minimum Gasteiger partial charge on any atom is -0.481 e. The van der Waals surface area contributed by atoms with Crippen molar-refractivity contribution in [3.05, 3.63) is 59.7 Å². The van der Waals surface area contributed by atoms with Gasteiger partial charge in [-0.1, -0.05) is 30.3 Å². The van der Waals surface area contributed by atoms with Crippen molar-refractivity contribution in [2.75, 3.05) is 11.1 Å². The highest BCUT2D eigenvalue weighted by molar-refractivity contribution is 5.90. The molecule has 2 aromatic carbocycles. The lowest BCUT2D eigenvalue weighted by molar-refractivity contribution is -0.137. The van der Waals surface area contributed by atoms with Crippen LogP contribution in [0.4, 0.5) is 11.4 Å². The fraction of sp³-hybridized carbons (Fsp3) is 0.125. The second-order valence-corrected chi connectivity index (χ2v) is 4.81. The Morgan fingerprint density at radius 3 is 2.32 bits per heavy atom. The number of aliphatic carboxylic acids is 1.